The van der Waals surface area contributed by atoms with Crippen LogP contribution in [0.4, 0.5) is 0 Å². The molecule has 0 N–H and O–H groups in total. The zero-order valence-corrected chi connectivity index (χ0v) is 15.1. The first-order valence-electron chi connectivity index (χ1n) is 8.22. The van der Waals surface area contributed by atoms with Gasteiger partial charge in [-0.25, -0.2) is 0 Å². The third-order valence-electron chi connectivity index (χ3n) is 3.46. The first-order chi connectivity index (χ1) is 8.22. The molecule has 1 atom stereocenters. The molecule has 0 aromatic heterocycles. The van der Waals surface area contributed by atoms with Crippen molar-refractivity contribution < 1.29 is 0 Å². The van der Waals surface area contributed by atoms with Gasteiger partial charge in [-0.1, -0.05) is 110 Å². The number of rotatable bonds is 5. The van der Waals surface area contributed by atoms with Gasteiger partial charge < -0.3 is 0 Å². The smallest absolute Gasteiger partial charge is 0.0422 e. The SMILES string of the molecule is C.C.CCC(C)C.CCC(C)C(C)C.CCCC(C)C. The van der Waals surface area contributed by atoms with E-state index < -0.39 is 0 Å². The molecule has 0 heteroatoms. The van der Waals surface area contributed by atoms with Gasteiger partial charge in [0.1, 0.15) is 0 Å². The Morgan fingerprint density at radius 3 is 0.950 bits per heavy atom. The lowest BCUT2D eigenvalue weighted by molar-refractivity contribution is 0.407. The maximum absolute atomic E-state index is 2.30. The highest BCUT2D eigenvalue weighted by Crippen LogP contribution is 2.11. The summed E-state index contributed by atoms with van der Waals surface area (Å²) in [5.41, 5.74) is 0. The normalized spacial score (nSPS) is 10.7. The number of hydrogen-bond acceptors (Lipinski definition) is 0. The average molecular weight is 291 g/mol. The zero-order chi connectivity index (χ0) is 15.1. The highest BCUT2D eigenvalue weighted by molar-refractivity contribution is 4.52. The predicted octanol–water partition coefficient (Wildman–Crippen LogP) is 8.46. The lowest BCUT2D eigenvalue weighted by atomic mass is 9.96. The standard InChI is InChI=1S/C7H16.C6H14.C5H12.2CH4/c1-5-7(4)6(2)3;1-4-5-6(2)3;1-4-5(2)3;;/h6-7H,5H2,1-4H3;6H,4-5H2,1-3H3;5H,4H2,1-3H3;2*1H4. The summed E-state index contributed by atoms with van der Waals surface area (Å²) in [6, 6.07) is 0. The van der Waals surface area contributed by atoms with Crippen LogP contribution in [0.5, 0.6) is 0 Å². The molecular formula is C20H50. The molecule has 0 spiro atoms. The summed E-state index contributed by atoms with van der Waals surface area (Å²) in [5.74, 6) is 3.55. The largest absolute Gasteiger partial charge is 0.0776 e. The van der Waals surface area contributed by atoms with E-state index in [1.54, 1.807) is 0 Å². The fourth-order valence-electron chi connectivity index (χ4n) is 1.05. The third kappa shape index (κ3) is 43.0. The second kappa shape index (κ2) is 24.0. The van der Waals surface area contributed by atoms with Crippen molar-refractivity contribution in [3.05, 3.63) is 0 Å². The summed E-state index contributed by atoms with van der Waals surface area (Å²) >= 11 is 0. The van der Waals surface area contributed by atoms with E-state index in [-0.39, 0.29) is 14.9 Å². The van der Waals surface area contributed by atoms with E-state index in [0.29, 0.717) is 0 Å². The van der Waals surface area contributed by atoms with Gasteiger partial charge in [0.15, 0.2) is 0 Å². The Morgan fingerprint density at radius 1 is 0.600 bits per heavy atom. The molecule has 1 unspecified atom stereocenters. The van der Waals surface area contributed by atoms with E-state index in [0.717, 1.165) is 23.7 Å². The Hall–Kier alpha value is 0. The van der Waals surface area contributed by atoms with Crippen molar-refractivity contribution in [2.45, 2.75) is 110 Å². The molecule has 0 rings (SSSR count). The molecule has 20 heavy (non-hydrogen) atoms. The lowest BCUT2D eigenvalue weighted by Gasteiger charge is -2.10. The van der Waals surface area contributed by atoms with Gasteiger partial charge in [-0.3, -0.25) is 0 Å². The quantitative estimate of drug-likeness (QED) is 0.476. The van der Waals surface area contributed by atoms with Crippen LogP contribution in [0.25, 0.3) is 0 Å². The van der Waals surface area contributed by atoms with Crippen LogP contribution in [0.2, 0.25) is 0 Å². The van der Waals surface area contributed by atoms with E-state index in [1.807, 2.05) is 0 Å². The molecule has 0 heterocycles. The molecule has 0 nitrogen and oxygen atoms in total. The maximum Gasteiger partial charge on any atom is -0.0422 e. The minimum Gasteiger partial charge on any atom is -0.0776 e. The third-order valence-corrected chi connectivity index (χ3v) is 3.46. The Labute approximate surface area is 134 Å². The van der Waals surface area contributed by atoms with Gasteiger partial charge in [0, 0.05) is 0 Å². The molecule has 0 radical (unpaired) electrons. The minimum atomic E-state index is 0. The van der Waals surface area contributed by atoms with Crippen LogP contribution in [0.3, 0.4) is 0 Å². The molecule has 0 saturated carbocycles. The van der Waals surface area contributed by atoms with Crippen LogP contribution in [0, 0.1) is 23.7 Å². The van der Waals surface area contributed by atoms with Crippen molar-refractivity contribution in [3.63, 3.8) is 0 Å². The molecule has 130 valence electrons. The van der Waals surface area contributed by atoms with E-state index in [4.69, 9.17) is 0 Å². The van der Waals surface area contributed by atoms with Crippen LogP contribution >= 0.6 is 0 Å². The summed E-state index contributed by atoms with van der Waals surface area (Å²) in [5, 5.41) is 0. The first kappa shape index (κ1) is 32.1. The molecule has 0 aliphatic carbocycles. The molecule has 0 aliphatic rings. The van der Waals surface area contributed by atoms with Gasteiger partial charge in [0.05, 0.1) is 0 Å². The Morgan fingerprint density at radius 2 is 0.950 bits per heavy atom. The van der Waals surface area contributed by atoms with Crippen molar-refractivity contribution >= 4 is 0 Å². The maximum atomic E-state index is 2.30. The van der Waals surface area contributed by atoms with Crippen molar-refractivity contribution in [1.29, 1.82) is 0 Å². The Balaban J connectivity index is -0.0000000543. The Kier molecular flexibility index (Phi) is 38.6. The van der Waals surface area contributed by atoms with Gasteiger partial charge in [-0.2, -0.15) is 0 Å². The van der Waals surface area contributed by atoms with Crippen LogP contribution in [0.1, 0.15) is 110 Å². The molecule has 0 fully saturated rings. The molecule has 0 bridgehead atoms. The summed E-state index contributed by atoms with van der Waals surface area (Å²) in [4.78, 5) is 0. The molecule has 0 amide bonds. The fraction of sp³-hybridized carbons (Fsp3) is 1.00. The second-order valence-corrected chi connectivity index (χ2v) is 6.61. The molecule has 0 aliphatic heterocycles. The molecule has 0 aromatic rings. The molecular weight excluding hydrogens is 240 g/mol. The number of hydrogen-bond donors (Lipinski definition) is 0. The van der Waals surface area contributed by atoms with E-state index in [1.165, 1.54) is 25.7 Å². The van der Waals surface area contributed by atoms with E-state index >= 15 is 0 Å². The topological polar surface area (TPSA) is 0 Å². The van der Waals surface area contributed by atoms with Crippen molar-refractivity contribution in [2.24, 2.45) is 23.7 Å². The summed E-state index contributed by atoms with van der Waals surface area (Å²) in [7, 11) is 0. The lowest BCUT2D eigenvalue weighted by Crippen LogP contribution is -2.00. The zero-order valence-electron chi connectivity index (χ0n) is 15.1. The van der Waals surface area contributed by atoms with Crippen molar-refractivity contribution in [2.75, 3.05) is 0 Å². The van der Waals surface area contributed by atoms with Gasteiger partial charge in [-0.15, -0.1) is 0 Å². The van der Waals surface area contributed by atoms with E-state index in [9.17, 15) is 0 Å². The summed E-state index contributed by atoms with van der Waals surface area (Å²) in [6.07, 6.45) is 5.33. The van der Waals surface area contributed by atoms with Crippen LogP contribution < -0.4 is 0 Å². The first-order valence-corrected chi connectivity index (χ1v) is 8.22. The highest BCUT2D eigenvalue weighted by Gasteiger charge is 2.01. The van der Waals surface area contributed by atoms with Crippen molar-refractivity contribution in [3.8, 4) is 0 Å². The summed E-state index contributed by atoms with van der Waals surface area (Å²) in [6.45, 7) is 22.5. The predicted molar refractivity (Wildman–Crippen MR) is 103 cm³/mol. The van der Waals surface area contributed by atoms with Crippen LogP contribution in [-0.4, -0.2) is 0 Å². The summed E-state index contributed by atoms with van der Waals surface area (Å²) < 4.78 is 0. The average Bonchev–Trinajstić information content (AvgIpc) is 2.29. The fourth-order valence-corrected chi connectivity index (χ4v) is 1.05. The van der Waals surface area contributed by atoms with Crippen LogP contribution in [0.15, 0.2) is 0 Å². The highest BCUT2D eigenvalue weighted by atomic mass is 14.1. The van der Waals surface area contributed by atoms with E-state index in [2.05, 4.69) is 69.2 Å². The van der Waals surface area contributed by atoms with Gasteiger partial charge >= 0.3 is 0 Å². The molecule has 0 aromatic carbocycles. The van der Waals surface area contributed by atoms with Gasteiger partial charge in [0.25, 0.3) is 0 Å². The van der Waals surface area contributed by atoms with Crippen LogP contribution in [-0.2, 0) is 0 Å². The van der Waals surface area contributed by atoms with Crippen molar-refractivity contribution in [1.82, 2.24) is 0 Å². The Bertz CT molecular complexity index is 122. The van der Waals surface area contributed by atoms with Gasteiger partial charge in [-0.05, 0) is 23.7 Å². The monoisotopic (exact) mass is 290 g/mol. The second-order valence-electron chi connectivity index (χ2n) is 6.61. The minimum absolute atomic E-state index is 0. The molecule has 0 saturated heterocycles. The van der Waals surface area contributed by atoms with Gasteiger partial charge in [0.2, 0.25) is 0 Å².